The van der Waals surface area contributed by atoms with E-state index in [1.165, 1.54) is 17.5 Å². The monoisotopic (exact) mass is 413 g/mol. The summed E-state index contributed by atoms with van der Waals surface area (Å²) in [5.41, 5.74) is 0.475. The zero-order chi connectivity index (χ0) is 19.3. The van der Waals surface area contributed by atoms with Crippen LogP contribution in [0.2, 0.25) is 0 Å². The van der Waals surface area contributed by atoms with E-state index in [9.17, 15) is 13.2 Å². The van der Waals surface area contributed by atoms with E-state index in [1.54, 1.807) is 12.1 Å². The molecule has 7 nitrogen and oxygen atoms in total. The van der Waals surface area contributed by atoms with Gasteiger partial charge in [-0.2, -0.15) is 16.1 Å². The molecule has 2 fully saturated rings. The Bertz CT molecular complexity index is 758. The molecule has 0 aliphatic carbocycles. The summed E-state index contributed by atoms with van der Waals surface area (Å²) in [6.07, 6.45) is 2.78. The second-order valence-electron chi connectivity index (χ2n) is 6.77. The van der Waals surface area contributed by atoms with E-state index in [0.717, 1.165) is 43.9 Å². The zero-order valence-electron chi connectivity index (χ0n) is 15.6. The number of thioether (sulfide) groups is 1. The predicted octanol–water partition coefficient (Wildman–Crippen LogP) is 1.86. The van der Waals surface area contributed by atoms with Crippen molar-refractivity contribution in [1.29, 1.82) is 0 Å². The maximum atomic E-state index is 13.0. The van der Waals surface area contributed by atoms with Crippen molar-refractivity contribution in [2.24, 2.45) is 0 Å². The molecule has 9 heteroatoms. The van der Waals surface area contributed by atoms with E-state index in [2.05, 4.69) is 10.2 Å². The molecule has 0 unspecified atom stereocenters. The Balaban J connectivity index is 1.75. The van der Waals surface area contributed by atoms with Crippen molar-refractivity contribution in [3.63, 3.8) is 0 Å². The average Bonchev–Trinajstić information content (AvgIpc) is 2.69. The molecule has 0 radical (unpaired) electrons. The maximum absolute atomic E-state index is 13.0. The maximum Gasteiger partial charge on any atom is 0.246 e. The van der Waals surface area contributed by atoms with Crippen LogP contribution in [0.4, 0.5) is 5.69 Å². The van der Waals surface area contributed by atoms with Crippen molar-refractivity contribution in [3.8, 4) is 5.75 Å². The Morgan fingerprint density at radius 1 is 1.15 bits per heavy atom. The second-order valence-corrected chi connectivity index (χ2v) is 9.90. The molecule has 0 atom stereocenters. The normalized spacial score (nSPS) is 19.6. The van der Waals surface area contributed by atoms with Gasteiger partial charge in [0.05, 0.1) is 13.7 Å². The first-order chi connectivity index (χ1) is 13.0. The van der Waals surface area contributed by atoms with Gasteiger partial charge in [0.15, 0.2) is 0 Å². The van der Waals surface area contributed by atoms with Crippen molar-refractivity contribution in [1.82, 2.24) is 9.21 Å². The van der Waals surface area contributed by atoms with Crippen molar-refractivity contribution >= 4 is 33.4 Å². The summed E-state index contributed by atoms with van der Waals surface area (Å²) in [6.45, 7) is 3.16. The Labute approximate surface area is 165 Å². The molecule has 0 bridgehead atoms. The highest BCUT2D eigenvalue weighted by Gasteiger charge is 2.29. The average molecular weight is 414 g/mol. The van der Waals surface area contributed by atoms with Gasteiger partial charge in [-0.3, -0.25) is 9.69 Å². The van der Waals surface area contributed by atoms with Gasteiger partial charge in [-0.1, -0.05) is 6.42 Å². The SMILES string of the molecule is COc1ccc(NC(=O)CN2CCSCC2)cc1S(=O)(=O)N1CCCCC1. The number of carbonyl (C=O) groups excluding carboxylic acids is 1. The molecular formula is C18H27N3O4S2. The van der Waals surface area contributed by atoms with E-state index in [0.29, 0.717) is 31.1 Å². The van der Waals surface area contributed by atoms with Crippen LogP contribution in [0.25, 0.3) is 0 Å². The van der Waals surface area contributed by atoms with Crippen LogP contribution in [0.5, 0.6) is 5.75 Å². The number of nitrogens with one attached hydrogen (secondary N) is 1. The Morgan fingerprint density at radius 2 is 1.85 bits per heavy atom. The summed E-state index contributed by atoms with van der Waals surface area (Å²) in [4.78, 5) is 14.6. The lowest BCUT2D eigenvalue weighted by Gasteiger charge is -2.27. The molecule has 1 aromatic rings. The van der Waals surface area contributed by atoms with Crippen molar-refractivity contribution in [3.05, 3.63) is 18.2 Å². The molecule has 150 valence electrons. The molecule has 2 aliphatic heterocycles. The van der Waals surface area contributed by atoms with Crippen LogP contribution < -0.4 is 10.1 Å². The van der Waals surface area contributed by atoms with Gasteiger partial charge in [-0.25, -0.2) is 8.42 Å². The molecule has 1 N–H and O–H groups in total. The molecule has 0 saturated carbocycles. The van der Waals surface area contributed by atoms with E-state index in [-0.39, 0.29) is 10.8 Å². The number of piperidine rings is 1. The standard InChI is InChI=1S/C18H27N3O4S2/c1-25-16-6-5-15(19-18(22)14-20-9-11-26-12-10-20)13-17(16)27(23,24)21-7-3-2-4-8-21/h5-6,13H,2-4,7-12,14H2,1H3,(H,19,22). The Kier molecular flexibility index (Phi) is 7.02. The van der Waals surface area contributed by atoms with Gasteiger partial charge < -0.3 is 10.1 Å². The number of methoxy groups -OCH3 is 1. The van der Waals surface area contributed by atoms with Crippen LogP contribution in [0.3, 0.4) is 0 Å². The molecule has 0 aromatic heterocycles. The Morgan fingerprint density at radius 3 is 2.52 bits per heavy atom. The van der Waals surface area contributed by atoms with Gasteiger partial charge in [0, 0.05) is 43.4 Å². The van der Waals surface area contributed by atoms with Crippen molar-refractivity contribution in [2.75, 3.05) is 56.7 Å². The number of amides is 1. The third-order valence-electron chi connectivity index (χ3n) is 4.85. The van der Waals surface area contributed by atoms with Crippen LogP contribution in [-0.4, -0.2) is 74.9 Å². The number of hydrogen-bond donors (Lipinski definition) is 1. The molecule has 0 spiro atoms. The van der Waals surface area contributed by atoms with Crippen LogP contribution in [-0.2, 0) is 14.8 Å². The molecule has 2 aliphatic rings. The minimum Gasteiger partial charge on any atom is -0.495 e. The Hall–Kier alpha value is -1.29. The molecule has 2 heterocycles. The largest absolute Gasteiger partial charge is 0.495 e. The summed E-state index contributed by atoms with van der Waals surface area (Å²) in [7, 11) is -2.19. The number of carbonyl (C=O) groups is 1. The smallest absolute Gasteiger partial charge is 0.246 e. The van der Waals surface area contributed by atoms with Gasteiger partial charge in [0.2, 0.25) is 15.9 Å². The summed E-state index contributed by atoms with van der Waals surface area (Å²) in [5.74, 6) is 2.24. The van der Waals surface area contributed by atoms with Crippen LogP contribution in [0.15, 0.2) is 23.1 Å². The minimum absolute atomic E-state index is 0.110. The van der Waals surface area contributed by atoms with Gasteiger partial charge in [0.1, 0.15) is 10.6 Å². The summed E-state index contributed by atoms with van der Waals surface area (Å²) < 4.78 is 32.9. The van der Waals surface area contributed by atoms with Crippen molar-refractivity contribution in [2.45, 2.75) is 24.2 Å². The minimum atomic E-state index is -3.65. The first kappa shape index (κ1) is 20.4. The fourth-order valence-corrected chi connectivity index (χ4v) is 6.04. The zero-order valence-corrected chi connectivity index (χ0v) is 17.3. The highest BCUT2D eigenvalue weighted by atomic mass is 32.2. The summed E-state index contributed by atoms with van der Waals surface area (Å²) in [6, 6.07) is 4.79. The van der Waals surface area contributed by atoms with E-state index in [4.69, 9.17) is 4.74 Å². The molecule has 27 heavy (non-hydrogen) atoms. The van der Waals surface area contributed by atoms with Gasteiger partial charge in [-0.15, -0.1) is 0 Å². The number of anilines is 1. The highest BCUT2D eigenvalue weighted by molar-refractivity contribution is 7.99. The second kappa shape index (κ2) is 9.27. The highest BCUT2D eigenvalue weighted by Crippen LogP contribution is 2.31. The lowest BCUT2D eigenvalue weighted by Crippen LogP contribution is -2.38. The van der Waals surface area contributed by atoms with Crippen LogP contribution >= 0.6 is 11.8 Å². The van der Waals surface area contributed by atoms with E-state index >= 15 is 0 Å². The van der Waals surface area contributed by atoms with E-state index in [1.807, 2.05) is 11.8 Å². The molecule has 2 saturated heterocycles. The van der Waals surface area contributed by atoms with Crippen LogP contribution in [0.1, 0.15) is 19.3 Å². The number of sulfonamides is 1. The van der Waals surface area contributed by atoms with Gasteiger partial charge in [-0.05, 0) is 31.0 Å². The van der Waals surface area contributed by atoms with Crippen molar-refractivity contribution < 1.29 is 17.9 Å². The number of rotatable bonds is 6. The summed E-state index contributed by atoms with van der Waals surface area (Å²) >= 11 is 1.89. The van der Waals surface area contributed by atoms with E-state index < -0.39 is 10.0 Å². The summed E-state index contributed by atoms with van der Waals surface area (Å²) in [5, 5.41) is 2.83. The molecule has 1 aromatic carbocycles. The van der Waals surface area contributed by atoms with Gasteiger partial charge in [0.25, 0.3) is 0 Å². The number of benzene rings is 1. The number of hydrogen-bond acceptors (Lipinski definition) is 6. The fourth-order valence-electron chi connectivity index (χ4n) is 3.36. The number of ether oxygens (including phenoxy) is 1. The van der Waals surface area contributed by atoms with Crippen LogP contribution in [0, 0.1) is 0 Å². The third kappa shape index (κ3) is 5.16. The molecule has 3 rings (SSSR count). The lowest BCUT2D eigenvalue weighted by molar-refractivity contribution is -0.117. The quantitative estimate of drug-likeness (QED) is 0.767. The van der Waals surface area contributed by atoms with Gasteiger partial charge >= 0.3 is 0 Å². The third-order valence-corrected chi connectivity index (χ3v) is 7.71. The molecular weight excluding hydrogens is 386 g/mol. The predicted molar refractivity (Wildman–Crippen MR) is 108 cm³/mol. The first-order valence-corrected chi connectivity index (χ1v) is 11.9. The topological polar surface area (TPSA) is 79.0 Å². The lowest BCUT2D eigenvalue weighted by atomic mass is 10.2. The number of nitrogens with zero attached hydrogens (tertiary/aromatic N) is 2. The molecule has 1 amide bonds. The fraction of sp³-hybridized carbons (Fsp3) is 0.611. The first-order valence-electron chi connectivity index (χ1n) is 9.29.